The molecule has 0 aliphatic carbocycles. The topological polar surface area (TPSA) is 101 Å². The first-order valence-corrected chi connectivity index (χ1v) is 9.21. The normalized spacial score (nSPS) is 13.9. The van der Waals surface area contributed by atoms with Crippen LogP contribution in [0.3, 0.4) is 0 Å². The van der Waals surface area contributed by atoms with E-state index in [1.165, 1.54) is 7.11 Å². The summed E-state index contributed by atoms with van der Waals surface area (Å²) in [6, 6.07) is 11.0. The lowest BCUT2D eigenvalue weighted by atomic mass is 10.1. The van der Waals surface area contributed by atoms with Gasteiger partial charge in [0.25, 0.3) is 0 Å². The summed E-state index contributed by atoms with van der Waals surface area (Å²) in [5.74, 6) is 0.0536. The summed E-state index contributed by atoms with van der Waals surface area (Å²) in [6.07, 6.45) is 0. The lowest BCUT2D eigenvalue weighted by Crippen LogP contribution is -2.37. The number of nitriles is 1. The number of esters is 1. The second kappa shape index (κ2) is 7.81. The molecule has 0 atom stereocenters. The molecule has 0 bridgehead atoms. The molecule has 0 radical (unpaired) electrons. The molecule has 29 heavy (non-hydrogen) atoms. The summed E-state index contributed by atoms with van der Waals surface area (Å²) >= 11 is 0. The van der Waals surface area contributed by atoms with Crippen LogP contribution in [0.4, 0.5) is 5.95 Å². The number of anilines is 1. The first-order valence-electron chi connectivity index (χ1n) is 9.21. The molecule has 1 saturated heterocycles. The molecule has 1 aliphatic heterocycles. The summed E-state index contributed by atoms with van der Waals surface area (Å²) in [5, 5.41) is 9.29. The smallest absolute Gasteiger partial charge is 0.356 e. The predicted octanol–water partition coefficient (Wildman–Crippen LogP) is 2.50. The molecule has 2 aromatic heterocycles. The molecule has 146 valence electrons. The van der Waals surface area contributed by atoms with Gasteiger partial charge in [0.15, 0.2) is 0 Å². The van der Waals surface area contributed by atoms with Gasteiger partial charge in [-0.15, -0.1) is 0 Å². The van der Waals surface area contributed by atoms with E-state index in [4.69, 9.17) is 19.4 Å². The zero-order chi connectivity index (χ0) is 20.4. The lowest BCUT2D eigenvalue weighted by molar-refractivity contribution is 0.0594. The van der Waals surface area contributed by atoms with Crippen LogP contribution in [0.2, 0.25) is 0 Å². The van der Waals surface area contributed by atoms with Crippen molar-refractivity contribution in [3.63, 3.8) is 0 Å². The van der Waals surface area contributed by atoms with Gasteiger partial charge in [-0.25, -0.2) is 19.7 Å². The number of fused-ring (bicyclic) bond motifs is 1. The SMILES string of the molecule is COC(=O)c1cc(C)c2nc(N3CCOCC3)nc(-c3cccc(C#N)c3)c2n1. The minimum absolute atomic E-state index is 0.193. The molecule has 1 fully saturated rings. The van der Waals surface area contributed by atoms with Crippen LogP contribution in [-0.2, 0) is 9.47 Å². The molecule has 0 unspecified atom stereocenters. The van der Waals surface area contributed by atoms with Gasteiger partial charge in [-0.3, -0.25) is 0 Å². The Bertz CT molecular complexity index is 1130. The molecule has 0 N–H and O–H groups in total. The Balaban J connectivity index is 1.98. The minimum Gasteiger partial charge on any atom is -0.464 e. The van der Waals surface area contributed by atoms with E-state index in [0.717, 1.165) is 11.1 Å². The van der Waals surface area contributed by atoms with Gasteiger partial charge in [-0.2, -0.15) is 5.26 Å². The number of carbonyl (C=O) groups excluding carboxylic acids is 1. The van der Waals surface area contributed by atoms with Crippen LogP contribution < -0.4 is 4.90 Å². The number of rotatable bonds is 3. The van der Waals surface area contributed by atoms with Crippen molar-refractivity contribution in [2.45, 2.75) is 6.92 Å². The van der Waals surface area contributed by atoms with Crippen molar-refractivity contribution in [1.29, 1.82) is 5.26 Å². The molecule has 4 rings (SSSR count). The molecular formula is C21H19N5O3. The monoisotopic (exact) mass is 389 g/mol. The number of hydrogen-bond donors (Lipinski definition) is 0. The Kier molecular flexibility index (Phi) is 5.06. The Labute approximate surface area is 167 Å². The van der Waals surface area contributed by atoms with E-state index in [9.17, 15) is 10.1 Å². The zero-order valence-electron chi connectivity index (χ0n) is 16.2. The third kappa shape index (κ3) is 3.60. The summed E-state index contributed by atoms with van der Waals surface area (Å²) in [6.45, 7) is 4.48. The van der Waals surface area contributed by atoms with Crippen LogP contribution in [-0.4, -0.2) is 54.3 Å². The van der Waals surface area contributed by atoms with Crippen LogP contribution in [0, 0.1) is 18.3 Å². The van der Waals surface area contributed by atoms with Crippen molar-refractivity contribution in [3.8, 4) is 17.3 Å². The first-order chi connectivity index (χ1) is 14.1. The molecule has 8 nitrogen and oxygen atoms in total. The number of ether oxygens (including phenoxy) is 2. The number of carbonyl (C=O) groups is 1. The van der Waals surface area contributed by atoms with Gasteiger partial charge < -0.3 is 14.4 Å². The summed E-state index contributed by atoms with van der Waals surface area (Å²) in [5.41, 5.74) is 3.97. The number of morpholine rings is 1. The zero-order valence-corrected chi connectivity index (χ0v) is 16.2. The summed E-state index contributed by atoms with van der Waals surface area (Å²) in [7, 11) is 1.32. The van der Waals surface area contributed by atoms with Gasteiger partial charge in [0.05, 0.1) is 37.5 Å². The van der Waals surface area contributed by atoms with E-state index < -0.39 is 5.97 Å². The highest BCUT2D eigenvalue weighted by Gasteiger charge is 2.21. The fraction of sp³-hybridized carbons (Fsp3) is 0.286. The first kappa shape index (κ1) is 18.8. The van der Waals surface area contributed by atoms with Crippen molar-refractivity contribution in [2.24, 2.45) is 0 Å². The van der Waals surface area contributed by atoms with Gasteiger partial charge in [-0.05, 0) is 30.7 Å². The molecule has 3 heterocycles. The molecular weight excluding hydrogens is 370 g/mol. The highest BCUT2D eigenvalue weighted by atomic mass is 16.5. The fourth-order valence-corrected chi connectivity index (χ4v) is 3.30. The standard InChI is InChI=1S/C21H19N5O3/c1-13-10-16(20(27)28-2)23-19-17(13)24-21(26-6-8-29-9-7-26)25-18(19)15-5-3-4-14(11-15)12-22/h3-5,10-11H,6-9H2,1-2H3. The number of pyridine rings is 1. The second-order valence-corrected chi connectivity index (χ2v) is 6.68. The van der Waals surface area contributed by atoms with Gasteiger partial charge in [0.1, 0.15) is 16.9 Å². The minimum atomic E-state index is -0.524. The highest BCUT2D eigenvalue weighted by molar-refractivity contribution is 5.96. The second-order valence-electron chi connectivity index (χ2n) is 6.68. The van der Waals surface area contributed by atoms with Crippen LogP contribution in [0.1, 0.15) is 21.6 Å². The van der Waals surface area contributed by atoms with E-state index >= 15 is 0 Å². The average molecular weight is 389 g/mol. The van der Waals surface area contributed by atoms with Gasteiger partial charge in [0, 0.05) is 18.7 Å². The van der Waals surface area contributed by atoms with Gasteiger partial charge in [-0.1, -0.05) is 12.1 Å². The lowest BCUT2D eigenvalue weighted by Gasteiger charge is -2.27. The molecule has 8 heteroatoms. The Morgan fingerprint density at radius 3 is 2.69 bits per heavy atom. The Morgan fingerprint density at radius 2 is 1.97 bits per heavy atom. The molecule has 3 aromatic rings. The highest BCUT2D eigenvalue weighted by Crippen LogP contribution is 2.30. The van der Waals surface area contributed by atoms with Crippen LogP contribution in [0.15, 0.2) is 30.3 Å². The molecule has 1 aromatic carbocycles. The Hall–Kier alpha value is -3.57. The third-order valence-electron chi connectivity index (χ3n) is 4.78. The Morgan fingerprint density at radius 1 is 1.17 bits per heavy atom. The number of aryl methyl sites for hydroxylation is 1. The number of methoxy groups -OCH3 is 1. The number of benzene rings is 1. The van der Waals surface area contributed by atoms with Crippen LogP contribution in [0.5, 0.6) is 0 Å². The number of aromatic nitrogens is 3. The van der Waals surface area contributed by atoms with Crippen molar-refractivity contribution < 1.29 is 14.3 Å². The average Bonchev–Trinajstić information content (AvgIpc) is 2.78. The maximum absolute atomic E-state index is 12.1. The molecule has 0 amide bonds. The van der Waals surface area contributed by atoms with Crippen molar-refractivity contribution >= 4 is 23.0 Å². The maximum Gasteiger partial charge on any atom is 0.356 e. The molecule has 0 saturated carbocycles. The largest absolute Gasteiger partial charge is 0.464 e. The van der Waals surface area contributed by atoms with Crippen LogP contribution >= 0.6 is 0 Å². The number of hydrogen-bond acceptors (Lipinski definition) is 8. The van der Waals surface area contributed by atoms with E-state index in [2.05, 4.69) is 16.0 Å². The number of nitrogens with zero attached hydrogens (tertiary/aromatic N) is 5. The van der Waals surface area contributed by atoms with Crippen molar-refractivity contribution in [3.05, 3.63) is 47.2 Å². The van der Waals surface area contributed by atoms with Gasteiger partial charge >= 0.3 is 5.97 Å². The van der Waals surface area contributed by atoms with E-state index in [1.54, 1.807) is 24.3 Å². The predicted molar refractivity (Wildman–Crippen MR) is 107 cm³/mol. The van der Waals surface area contributed by atoms with Crippen molar-refractivity contribution in [1.82, 2.24) is 15.0 Å². The maximum atomic E-state index is 12.1. The van der Waals surface area contributed by atoms with Gasteiger partial charge in [0.2, 0.25) is 5.95 Å². The fourth-order valence-electron chi connectivity index (χ4n) is 3.30. The van der Waals surface area contributed by atoms with Crippen LogP contribution in [0.25, 0.3) is 22.3 Å². The van der Waals surface area contributed by atoms with Crippen molar-refractivity contribution in [2.75, 3.05) is 38.3 Å². The summed E-state index contributed by atoms with van der Waals surface area (Å²) in [4.78, 5) is 28.2. The van der Waals surface area contributed by atoms with E-state index in [1.807, 2.05) is 13.0 Å². The van der Waals surface area contributed by atoms with E-state index in [0.29, 0.717) is 54.5 Å². The third-order valence-corrected chi connectivity index (χ3v) is 4.78. The quantitative estimate of drug-likeness (QED) is 0.630. The van der Waals surface area contributed by atoms with E-state index in [-0.39, 0.29) is 5.69 Å². The summed E-state index contributed by atoms with van der Waals surface area (Å²) < 4.78 is 10.3. The molecule has 0 spiro atoms. The molecule has 1 aliphatic rings.